The molecule has 0 atom stereocenters. The Bertz CT molecular complexity index is 604. The minimum atomic E-state index is -0.497. The lowest BCUT2D eigenvalue weighted by molar-refractivity contribution is -0.139. The van der Waals surface area contributed by atoms with Crippen LogP contribution in [0.2, 0.25) is 0 Å². The number of hydrogen-bond acceptors (Lipinski definition) is 4. The number of anilines is 1. The summed E-state index contributed by atoms with van der Waals surface area (Å²) in [5.74, 6) is -0.862. The molecular formula is C12H13N3O3. The zero-order valence-corrected chi connectivity index (χ0v) is 9.82. The third kappa shape index (κ3) is 2.42. The lowest BCUT2D eigenvalue weighted by Crippen LogP contribution is -2.30. The molecule has 4 N–H and O–H groups in total. The number of methoxy groups -OCH3 is 1. The van der Waals surface area contributed by atoms with Crippen LogP contribution in [0.25, 0.3) is 10.9 Å². The highest BCUT2D eigenvalue weighted by Crippen LogP contribution is 2.18. The number of amides is 1. The number of ether oxygens (including phenoxy) is 1. The molecule has 18 heavy (non-hydrogen) atoms. The van der Waals surface area contributed by atoms with E-state index in [-0.39, 0.29) is 12.5 Å². The number of carbonyl (C=O) groups is 2. The van der Waals surface area contributed by atoms with Crippen molar-refractivity contribution < 1.29 is 14.3 Å². The van der Waals surface area contributed by atoms with Gasteiger partial charge in [-0.2, -0.15) is 0 Å². The summed E-state index contributed by atoms with van der Waals surface area (Å²) in [4.78, 5) is 25.6. The van der Waals surface area contributed by atoms with E-state index >= 15 is 0 Å². The fraction of sp³-hybridized carbons (Fsp3) is 0.167. The van der Waals surface area contributed by atoms with E-state index in [1.165, 1.54) is 7.11 Å². The number of hydrogen-bond donors (Lipinski definition) is 3. The summed E-state index contributed by atoms with van der Waals surface area (Å²) in [6.07, 6.45) is 0. The van der Waals surface area contributed by atoms with Crippen LogP contribution in [0.1, 0.15) is 10.5 Å². The van der Waals surface area contributed by atoms with Crippen LogP contribution in [-0.4, -0.2) is 30.5 Å². The molecule has 2 aromatic rings. The van der Waals surface area contributed by atoms with Crippen molar-refractivity contribution in [1.29, 1.82) is 0 Å². The predicted octanol–water partition coefficient (Wildman–Crippen LogP) is 0.653. The first-order valence-corrected chi connectivity index (χ1v) is 5.33. The molecule has 0 bridgehead atoms. The monoisotopic (exact) mass is 247 g/mol. The Labute approximate surface area is 103 Å². The average Bonchev–Trinajstić information content (AvgIpc) is 2.78. The van der Waals surface area contributed by atoms with Crippen molar-refractivity contribution in [2.45, 2.75) is 0 Å². The number of esters is 1. The maximum Gasteiger partial charge on any atom is 0.325 e. The van der Waals surface area contributed by atoms with Crippen LogP contribution in [0.3, 0.4) is 0 Å². The zero-order chi connectivity index (χ0) is 13.1. The molecule has 6 heteroatoms. The van der Waals surface area contributed by atoms with Gasteiger partial charge in [-0.1, -0.05) is 0 Å². The number of carbonyl (C=O) groups excluding carboxylic acids is 2. The van der Waals surface area contributed by atoms with Crippen LogP contribution in [0, 0.1) is 0 Å². The largest absolute Gasteiger partial charge is 0.468 e. The molecule has 1 aromatic carbocycles. The van der Waals surface area contributed by atoms with Crippen LogP contribution in [0.5, 0.6) is 0 Å². The van der Waals surface area contributed by atoms with Crippen LogP contribution in [0.4, 0.5) is 5.69 Å². The van der Waals surface area contributed by atoms with Crippen LogP contribution >= 0.6 is 0 Å². The van der Waals surface area contributed by atoms with E-state index < -0.39 is 5.97 Å². The number of benzene rings is 1. The molecule has 0 unspecified atom stereocenters. The van der Waals surface area contributed by atoms with E-state index in [0.29, 0.717) is 11.4 Å². The van der Waals surface area contributed by atoms with Crippen molar-refractivity contribution in [3.63, 3.8) is 0 Å². The molecule has 1 heterocycles. The van der Waals surface area contributed by atoms with Gasteiger partial charge in [-0.05, 0) is 24.3 Å². The number of H-pyrrole nitrogens is 1. The molecular weight excluding hydrogens is 234 g/mol. The Morgan fingerprint density at radius 1 is 1.39 bits per heavy atom. The second-order valence-electron chi connectivity index (χ2n) is 3.79. The zero-order valence-electron chi connectivity index (χ0n) is 9.82. The van der Waals surface area contributed by atoms with E-state index in [4.69, 9.17) is 5.73 Å². The van der Waals surface area contributed by atoms with Gasteiger partial charge in [-0.25, -0.2) is 0 Å². The normalized spacial score (nSPS) is 10.3. The van der Waals surface area contributed by atoms with Gasteiger partial charge in [-0.15, -0.1) is 0 Å². The van der Waals surface area contributed by atoms with Gasteiger partial charge in [-0.3, -0.25) is 9.59 Å². The van der Waals surface area contributed by atoms with Crippen molar-refractivity contribution in [2.24, 2.45) is 0 Å². The van der Waals surface area contributed by atoms with Gasteiger partial charge < -0.3 is 20.8 Å². The molecule has 0 aliphatic rings. The number of nitrogens with one attached hydrogen (secondary N) is 2. The summed E-state index contributed by atoms with van der Waals surface area (Å²) in [6, 6.07) is 6.98. The highest BCUT2D eigenvalue weighted by Gasteiger charge is 2.10. The smallest absolute Gasteiger partial charge is 0.325 e. The Morgan fingerprint density at radius 2 is 2.17 bits per heavy atom. The van der Waals surface area contributed by atoms with E-state index in [1.807, 2.05) is 0 Å². The van der Waals surface area contributed by atoms with Gasteiger partial charge in [0.15, 0.2) is 0 Å². The van der Waals surface area contributed by atoms with Crippen LogP contribution in [-0.2, 0) is 9.53 Å². The number of nitrogen functional groups attached to an aromatic ring is 1. The van der Waals surface area contributed by atoms with Crippen LogP contribution < -0.4 is 11.1 Å². The number of aromatic amines is 1. The Kier molecular flexibility index (Phi) is 3.18. The summed E-state index contributed by atoms with van der Waals surface area (Å²) in [7, 11) is 1.26. The van der Waals surface area contributed by atoms with Crippen molar-refractivity contribution in [2.75, 3.05) is 19.4 Å². The van der Waals surface area contributed by atoms with E-state index in [9.17, 15) is 9.59 Å². The predicted molar refractivity (Wildman–Crippen MR) is 67.1 cm³/mol. The number of fused-ring (bicyclic) bond motifs is 1. The molecule has 0 saturated heterocycles. The molecule has 0 aliphatic heterocycles. The Balaban J connectivity index is 2.15. The fourth-order valence-corrected chi connectivity index (χ4v) is 1.59. The second kappa shape index (κ2) is 4.79. The summed E-state index contributed by atoms with van der Waals surface area (Å²) in [5, 5.41) is 3.29. The lowest BCUT2D eigenvalue weighted by atomic mass is 10.2. The maximum absolute atomic E-state index is 11.7. The topological polar surface area (TPSA) is 97.2 Å². The van der Waals surface area contributed by atoms with Gasteiger partial charge in [0.05, 0.1) is 7.11 Å². The molecule has 2 rings (SSSR count). The van der Waals surface area contributed by atoms with Gasteiger partial charge in [0, 0.05) is 16.6 Å². The minimum Gasteiger partial charge on any atom is -0.468 e. The fourth-order valence-electron chi connectivity index (χ4n) is 1.59. The molecule has 0 saturated carbocycles. The SMILES string of the molecule is COC(=O)CNC(=O)c1cc2cc(N)ccc2[nH]1. The van der Waals surface area contributed by atoms with Gasteiger partial charge >= 0.3 is 5.97 Å². The van der Waals surface area contributed by atoms with Crippen LogP contribution in [0.15, 0.2) is 24.3 Å². The first-order chi connectivity index (χ1) is 8.60. The molecule has 0 fully saturated rings. The number of aromatic nitrogens is 1. The summed E-state index contributed by atoms with van der Waals surface area (Å²) < 4.78 is 4.43. The highest BCUT2D eigenvalue weighted by atomic mass is 16.5. The quantitative estimate of drug-likeness (QED) is 0.548. The third-order valence-electron chi connectivity index (χ3n) is 2.51. The van der Waals surface area contributed by atoms with Crippen molar-refractivity contribution in [3.8, 4) is 0 Å². The molecule has 1 aromatic heterocycles. The van der Waals surface area contributed by atoms with Gasteiger partial charge in [0.1, 0.15) is 12.2 Å². The highest BCUT2D eigenvalue weighted by molar-refractivity contribution is 5.99. The Hall–Kier alpha value is -2.50. The summed E-state index contributed by atoms with van der Waals surface area (Å²) in [5.41, 5.74) is 7.46. The van der Waals surface area contributed by atoms with Crippen molar-refractivity contribution in [1.82, 2.24) is 10.3 Å². The third-order valence-corrected chi connectivity index (χ3v) is 2.51. The standard InChI is InChI=1S/C12H13N3O3/c1-18-11(16)6-14-12(17)10-5-7-4-8(13)2-3-9(7)15-10/h2-5,15H,6,13H2,1H3,(H,14,17). The van der Waals surface area contributed by atoms with E-state index in [1.54, 1.807) is 24.3 Å². The molecule has 0 spiro atoms. The molecule has 0 aliphatic carbocycles. The first kappa shape index (κ1) is 12.0. The molecule has 1 amide bonds. The first-order valence-electron chi connectivity index (χ1n) is 5.33. The molecule has 94 valence electrons. The molecule has 6 nitrogen and oxygen atoms in total. The summed E-state index contributed by atoms with van der Waals surface area (Å²) >= 11 is 0. The van der Waals surface area contributed by atoms with E-state index in [2.05, 4.69) is 15.0 Å². The van der Waals surface area contributed by atoms with E-state index in [0.717, 1.165) is 10.9 Å². The maximum atomic E-state index is 11.7. The van der Waals surface area contributed by atoms with Crippen molar-refractivity contribution >= 4 is 28.5 Å². The number of nitrogens with two attached hydrogens (primary N) is 1. The van der Waals surface area contributed by atoms with Gasteiger partial charge in [0.25, 0.3) is 5.91 Å². The minimum absolute atomic E-state index is 0.160. The number of rotatable bonds is 3. The van der Waals surface area contributed by atoms with Gasteiger partial charge in [0.2, 0.25) is 0 Å². The van der Waals surface area contributed by atoms with Crippen molar-refractivity contribution in [3.05, 3.63) is 30.0 Å². The second-order valence-corrected chi connectivity index (χ2v) is 3.79. The lowest BCUT2D eigenvalue weighted by Gasteiger charge is -2.01. The summed E-state index contributed by atoms with van der Waals surface area (Å²) in [6.45, 7) is -0.160. The molecule has 0 radical (unpaired) electrons. The Morgan fingerprint density at radius 3 is 2.89 bits per heavy atom. The average molecular weight is 247 g/mol.